The van der Waals surface area contributed by atoms with Crippen LogP contribution in [0, 0.1) is 0 Å². The van der Waals surface area contributed by atoms with Crippen LogP contribution in [0.15, 0.2) is 23.4 Å². The van der Waals surface area contributed by atoms with Crippen LogP contribution in [0.1, 0.15) is 52.1 Å². The van der Waals surface area contributed by atoms with E-state index in [1.54, 1.807) is 19.1 Å². The van der Waals surface area contributed by atoms with Gasteiger partial charge in [0.1, 0.15) is 0 Å². The highest BCUT2D eigenvalue weighted by Crippen LogP contribution is 2.40. The van der Waals surface area contributed by atoms with Crippen molar-refractivity contribution in [2.45, 2.75) is 46.6 Å². The van der Waals surface area contributed by atoms with E-state index < -0.39 is 18.0 Å². The molecular formula is C20H27ClN2O5. The van der Waals surface area contributed by atoms with Crippen molar-refractivity contribution < 1.29 is 23.8 Å². The number of esters is 1. The Morgan fingerprint density at radius 2 is 1.86 bits per heavy atom. The van der Waals surface area contributed by atoms with Crippen LogP contribution in [-0.4, -0.2) is 31.8 Å². The summed E-state index contributed by atoms with van der Waals surface area (Å²) in [6, 6.07) is 2.29. The lowest BCUT2D eigenvalue weighted by atomic mass is 9.95. The van der Waals surface area contributed by atoms with E-state index in [0.29, 0.717) is 59.6 Å². The summed E-state index contributed by atoms with van der Waals surface area (Å²) in [4.78, 5) is 24.6. The summed E-state index contributed by atoms with van der Waals surface area (Å²) in [6.07, 6.45) is 1.52. The highest BCUT2D eigenvalue weighted by Gasteiger charge is 2.33. The number of hydrogen-bond acceptors (Lipinski definition) is 5. The van der Waals surface area contributed by atoms with Gasteiger partial charge in [-0.15, -0.1) is 0 Å². The van der Waals surface area contributed by atoms with Crippen LogP contribution in [0.2, 0.25) is 5.02 Å². The van der Waals surface area contributed by atoms with Gasteiger partial charge in [0.15, 0.2) is 11.5 Å². The van der Waals surface area contributed by atoms with Crippen LogP contribution in [0.5, 0.6) is 11.5 Å². The number of ether oxygens (including phenoxy) is 3. The lowest BCUT2D eigenvalue weighted by Gasteiger charge is -2.29. The minimum atomic E-state index is -0.713. The minimum absolute atomic E-state index is 0.297. The molecule has 0 spiro atoms. The second kappa shape index (κ2) is 10.2. The van der Waals surface area contributed by atoms with Crippen molar-refractivity contribution in [2.75, 3.05) is 19.8 Å². The zero-order valence-electron chi connectivity index (χ0n) is 16.7. The smallest absolute Gasteiger partial charge is 0.338 e. The molecule has 154 valence electrons. The first-order chi connectivity index (χ1) is 13.4. The number of hydrogen-bond donors (Lipinski definition) is 2. The standard InChI is InChI=1S/C20H27ClN2O5/c1-5-8-27-18-14(21)10-13(11-15(18)26-7-3)17-16(19(24)28-9-6-2)12(4)22-20(25)23-17/h10-11,17H,5-9H2,1-4H3,(H2,22,23,25). The van der Waals surface area contributed by atoms with Crippen molar-refractivity contribution in [3.05, 3.63) is 34.0 Å². The molecule has 7 nitrogen and oxygen atoms in total. The van der Waals surface area contributed by atoms with E-state index in [-0.39, 0.29) is 0 Å². The van der Waals surface area contributed by atoms with Gasteiger partial charge in [-0.3, -0.25) is 0 Å². The molecule has 0 saturated heterocycles. The molecule has 2 amide bonds. The summed E-state index contributed by atoms with van der Waals surface area (Å²) >= 11 is 6.44. The van der Waals surface area contributed by atoms with Crippen molar-refractivity contribution in [3.8, 4) is 11.5 Å². The third-order valence-corrected chi connectivity index (χ3v) is 4.32. The largest absolute Gasteiger partial charge is 0.490 e. The Kier molecular flexibility index (Phi) is 7.99. The van der Waals surface area contributed by atoms with Gasteiger partial charge < -0.3 is 24.8 Å². The van der Waals surface area contributed by atoms with E-state index >= 15 is 0 Å². The molecule has 1 aliphatic rings. The fourth-order valence-corrected chi connectivity index (χ4v) is 3.12. The molecule has 1 aliphatic heterocycles. The van der Waals surface area contributed by atoms with E-state index in [4.69, 9.17) is 25.8 Å². The number of amides is 2. The molecular weight excluding hydrogens is 384 g/mol. The van der Waals surface area contributed by atoms with Gasteiger partial charge >= 0.3 is 12.0 Å². The van der Waals surface area contributed by atoms with Crippen LogP contribution >= 0.6 is 11.6 Å². The molecule has 0 saturated carbocycles. The summed E-state index contributed by atoms with van der Waals surface area (Å²) < 4.78 is 16.7. The maximum Gasteiger partial charge on any atom is 0.338 e. The topological polar surface area (TPSA) is 85.9 Å². The van der Waals surface area contributed by atoms with Crippen LogP contribution in [0.3, 0.4) is 0 Å². The Labute approximate surface area is 170 Å². The lowest BCUT2D eigenvalue weighted by Crippen LogP contribution is -2.45. The second-order valence-electron chi connectivity index (χ2n) is 6.32. The molecule has 0 aliphatic carbocycles. The number of rotatable bonds is 9. The number of halogens is 1. The molecule has 8 heteroatoms. The molecule has 28 heavy (non-hydrogen) atoms. The quantitative estimate of drug-likeness (QED) is 0.598. The van der Waals surface area contributed by atoms with Gasteiger partial charge in [0.2, 0.25) is 0 Å². The normalized spacial score (nSPS) is 16.3. The van der Waals surface area contributed by atoms with Gasteiger partial charge in [0, 0.05) is 5.70 Å². The first-order valence-electron chi connectivity index (χ1n) is 9.47. The molecule has 2 N–H and O–H groups in total. The van der Waals surface area contributed by atoms with E-state index in [9.17, 15) is 9.59 Å². The Bertz CT molecular complexity index is 763. The van der Waals surface area contributed by atoms with E-state index in [2.05, 4.69) is 10.6 Å². The Morgan fingerprint density at radius 3 is 2.50 bits per heavy atom. The number of benzene rings is 1. The Hall–Kier alpha value is -2.41. The molecule has 1 heterocycles. The molecule has 1 aromatic carbocycles. The number of carbonyl (C=O) groups is 2. The van der Waals surface area contributed by atoms with Crippen LogP contribution in [0.25, 0.3) is 0 Å². The zero-order valence-corrected chi connectivity index (χ0v) is 17.4. The van der Waals surface area contributed by atoms with Gasteiger partial charge in [0.25, 0.3) is 0 Å². The number of nitrogens with one attached hydrogen (secondary N) is 2. The predicted molar refractivity (Wildman–Crippen MR) is 107 cm³/mol. The molecule has 1 aromatic rings. The molecule has 1 unspecified atom stereocenters. The summed E-state index contributed by atoms with van der Waals surface area (Å²) in [5, 5.41) is 5.73. The minimum Gasteiger partial charge on any atom is -0.490 e. The fraction of sp³-hybridized carbons (Fsp3) is 0.500. The molecule has 2 rings (SSSR count). The first kappa shape index (κ1) is 21.9. The molecule has 0 radical (unpaired) electrons. The second-order valence-corrected chi connectivity index (χ2v) is 6.72. The van der Waals surface area contributed by atoms with Gasteiger partial charge in [-0.05, 0) is 44.4 Å². The van der Waals surface area contributed by atoms with Crippen molar-refractivity contribution in [3.63, 3.8) is 0 Å². The average molecular weight is 411 g/mol. The van der Waals surface area contributed by atoms with Crippen molar-refractivity contribution in [1.82, 2.24) is 10.6 Å². The maximum absolute atomic E-state index is 12.6. The van der Waals surface area contributed by atoms with Crippen molar-refractivity contribution in [1.29, 1.82) is 0 Å². The number of carbonyl (C=O) groups excluding carboxylic acids is 2. The maximum atomic E-state index is 12.6. The highest BCUT2D eigenvalue weighted by atomic mass is 35.5. The Morgan fingerprint density at radius 1 is 1.14 bits per heavy atom. The Balaban J connectivity index is 2.48. The van der Waals surface area contributed by atoms with Gasteiger partial charge in [-0.1, -0.05) is 25.4 Å². The summed E-state index contributed by atoms with van der Waals surface area (Å²) in [7, 11) is 0. The third-order valence-electron chi connectivity index (χ3n) is 4.04. The monoisotopic (exact) mass is 410 g/mol. The summed E-state index contributed by atoms with van der Waals surface area (Å²) in [5.41, 5.74) is 1.37. The average Bonchev–Trinajstić information content (AvgIpc) is 2.65. The number of allylic oxidation sites excluding steroid dienone is 1. The van der Waals surface area contributed by atoms with Crippen LogP contribution < -0.4 is 20.1 Å². The van der Waals surface area contributed by atoms with Crippen LogP contribution in [-0.2, 0) is 9.53 Å². The van der Waals surface area contributed by atoms with E-state index in [1.807, 2.05) is 20.8 Å². The van der Waals surface area contributed by atoms with Crippen LogP contribution in [0.4, 0.5) is 4.79 Å². The molecule has 0 bridgehead atoms. The first-order valence-corrected chi connectivity index (χ1v) is 9.85. The lowest BCUT2D eigenvalue weighted by molar-refractivity contribution is -0.139. The molecule has 0 fully saturated rings. The number of urea groups is 1. The zero-order chi connectivity index (χ0) is 20.7. The SMILES string of the molecule is CCCOC(=O)C1=C(C)NC(=O)NC1c1cc(Cl)c(OCCC)c(OCC)c1. The van der Waals surface area contributed by atoms with Gasteiger partial charge in [-0.25, -0.2) is 9.59 Å². The third kappa shape index (κ3) is 5.10. The van der Waals surface area contributed by atoms with E-state index in [0.717, 1.165) is 6.42 Å². The summed E-state index contributed by atoms with van der Waals surface area (Å²) in [5.74, 6) is 0.424. The van der Waals surface area contributed by atoms with Gasteiger partial charge in [0.05, 0.1) is 36.5 Å². The van der Waals surface area contributed by atoms with E-state index in [1.165, 1.54) is 0 Å². The predicted octanol–water partition coefficient (Wildman–Crippen LogP) is 4.11. The van der Waals surface area contributed by atoms with Crippen molar-refractivity contribution in [2.24, 2.45) is 0 Å². The highest BCUT2D eigenvalue weighted by molar-refractivity contribution is 6.32. The fourth-order valence-electron chi connectivity index (χ4n) is 2.85. The van der Waals surface area contributed by atoms with Gasteiger partial charge in [-0.2, -0.15) is 0 Å². The molecule has 1 atom stereocenters. The van der Waals surface area contributed by atoms with Crippen molar-refractivity contribution >= 4 is 23.6 Å². The molecule has 0 aromatic heterocycles. The summed E-state index contributed by atoms with van der Waals surface area (Å²) in [6.45, 7) is 8.64.